The smallest absolute Gasteiger partial charge is 0.170 e. The van der Waals surface area contributed by atoms with Gasteiger partial charge in [0.15, 0.2) is 10.8 Å². The van der Waals surface area contributed by atoms with Gasteiger partial charge in [-0.1, -0.05) is 0 Å². The molecule has 0 heterocycles. The quantitative estimate of drug-likeness (QED) is 0.349. The maximum Gasteiger partial charge on any atom is 0.405 e. The van der Waals surface area contributed by atoms with Crippen LogP contribution in [0.1, 0.15) is 6.42 Å². The molecule has 0 nitrogen and oxygen atoms in total. The first-order chi connectivity index (χ1) is 11.7. The summed E-state index contributed by atoms with van der Waals surface area (Å²) >= 11 is 0. The second-order valence-electron chi connectivity index (χ2n) is 5.72. The van der Waals surface area contributed by atoms with Crippen LogP contribution in [0.3, 0.4) is 0 Å². The highest BCUT2D eigenvalue weighted by Gasteiger charge is 3.11. The number of rotatable bonds is 0. The van der Waals surface area contributed by atoms with Gasteiger partial charge in [-0.05, 0) is 6.42 Å². The Bertz CT molecular complexity index is 517. The molecule has 0 aromatic heterocycles. The Hall–Kier alpha value is -1.26. The van der Waals surface area contributed by atoms with Gasteiger partial charge >= 0.3 is 37.1 Å². The molecule has 0 bridgehead atoms. The zero-order valence-corrected chi connectivity index (χ0v) is 12.0. The molecule has 0 unspecified atom stereocenters. The summed E-state index contributed by atoms with van der Waals surface area (Å²) in [7, 11) is 0. The van der Waals surface area contributed by atoms with Crippen molar-refractivity contribution >= 4 is 0 Å². The van der Waals surface area contributed by atoms with Crippen LogP contribution in [0, 0.1) is 16.2 Å². The van der Waals surface area contributed by atoms with Gasteiger partial charge in [0, 0.05) is 0 Å². The Morgan fingerprint density at radius 3 is 0.607 bits per heavy atom. The summed E-state index contributed by atoms with van der Waals surface area (Å²) in [5, 5.41) is 0. The van der Waals surface area contributed by atoms with Crippen molar-refractivity contribution in [1.82, 2.24) is 0 Å². The predicted molar refractivity (Wildman–Crippen MR) is 48.2 cm³/mol. The molecule has 1 aliphatic rings. The first kappa shape index (κ1) is 24.8. The number of hydrogen-bond acceptors (Lipinski definition) is 0. The van der Waals surface area contributed by atoms with E-state index in [1.54, 1.807) is 0 Å². The van der Waals surface area contributed by atoms with Gasteiger partial charge in [0.1, 0.15) is 0 Å². The fourth-order valence-electron chi connectivity index (χ4n) is 3.62. The monoisotopic (exact) mass is 464 g/mol. The Morgan fingerprint density at radius 1 is 0.321 bits per heavy atom. The van der Waals surface area contributed by atoms with Crippen LogP contribution >= 0.6 is 0 Å². The van der Waals surface area contributed by atoms with Crippen LogP contribution in [0.25, 0.3) is 0 Å². The van der Waals surface area contributed by atoms with Crippen LogP contribution in [0.4, 0.5) is 79.0 Å². The molecule has 0 aliphatic heterocycles. The van der Waals surface area contributed by atoms with Gasteiger partial charge in [0.25, 0.3) is 0 Å². The van der Waals surface area contributed by atoms with E-state index in [1.807, 2.05) is 0 Å². The molecular weight excluding hydrogens is 462 g/mol. The van der Waals surface area contributed by atoms with Gasteiger partial charge in [0.05, 0.1) is 0 Å². The second kappa shape index (κ2) is 5.46. The standard InChI is InChI=1S/C10H2F18/c11-5(12,13)2(6(14,15)16)1-3(7(17,18)19,8(20,21)22)4(2,9(23,24)25)10(26,27)28/h1H2. The lowest BCUT2D eigenvalue weighted by molar-refractivity contribution is -0.602. The first-order valence-corrected chi connectivity index (χ1v) is 6.11. The third kappa shape index (κ3) is 2.37. The van der Waals surface area contributed by atoms with E-state index in [1.165, 1.54) is 0 Å². The van der Waals surface area contributed by atoms with E-state index < -0.39 is 59.7 Å². The van der Waals surface area contributed by atoms with Gasteiger partial charge < -0.3 is 0 Å². The Labute approximate surface area is 140 Å². The minimum absolute atomic E-state index is 4.64. The van der Waals surface area contributed by atoms with E-state index in [9.17, 15) is 79.0 Å². The summed E-state index contributed by atoms with van der Waals surface area (Å²) in [6.07, 6.45) is -52.7. The predicted octanol–water partition coefficient (Wildman–Crippen LogP) is 6.72. The summed E-state index contributed by atoms with van der Waals surface area (Å²) in [6.45, 7) is 0. The molecular formula is C10H2F18. The number of alkyl halides is 18. The summed E-state index contributed by atoms with van der Waals surface area (Å²) in [5.41, 5.74) is -23.3. The highest BCUT2D eigenvalue weighted by atomic mass is 19.4. The maximum absolute atomic E-state index is 13.0. The van der Waals surface area contributed by atoms with Gasteiger partial charge in [0.2, 0.25) is 5.41 Å². The largest absolute Gasteiger partial charge is 0.405 e. The molecule has 28 heavy (non-hydrogen) atoms. The van der Waals surface area contributed by atoms with Crippen molar-refractivity contribution in [3.05, 3.63) is 0 Å². The SMILES string of the molecule is FC(F)(F)C1(C(F)(F)F)CC(C(F)(F)F)(C(F)(F)F)C1(C(F)(F)F)C(F)(F)F. The van der Waals surface area contributed by atoms with Gasteiger partial charge in [-0.3, -0.25) is 0 Å². The molecule has 18 heteroatoms. The number of halogens is 18. The van der Waals surface area contributed by atoms with Crippen molar-refractivity contribution in [2.45, 2.75) is 43.5 Å². The van der Waals surface area contributed by atoms with E-state index in [-0.39, 0.29) is 0 Å². The molecule has 0 aromatic carbocycles. The normalized spacial score (nSPS) is 23.4. The summed E-state index contributed by atoms with van der Waals surface area (Å²) in [4.78, 5) is 0. The molecule has 0 N–H and O–H groups in total. The molecule has 0 aromatic rings. The second-order valence-corrected chi connectivity index (χ2v) is 5.72. The molecule has 168 valence electrons. The van der Waals surface area contributed by atoms with Gasteiger partial charge in [-0.15, -0.1) is 0 Å². The van der Waals surface area contributed by atoms with Crippen molar-refractivity contribution in [2.24, 2.45) is 16.2 Å². The van der Waals surface area contributed by atoms with Crippen LogP contribution in [-0.2, 0) is 0 Å². The molecule has 0 radical (unpaired) electrons. The molecule has 0 atom stereocenters. The van der Waals surface area contributed by atoms with Crippen molar-refractivity contribution in [3.8, 4) is 0 Å². The van der Waals surface area contributed by atoms with Crippen molar-refractivity contribution in [1.29, 1.82) is 0 Å². The molecule has 0 spiro atoms. The number of hydrogen-bond donors (Lipinski definition) is 0. The molecule has 1 saturated carbocycles. The van der Waals surface area contributed by atoms with Crippen molar-refractivity contribution in [3.63, 3.8) is 0 Å². The maximum atomic E-state index is 13.0. The molecule has 1 rings (SSSR count). The lowest BCUT2D eigenvalue weighted by atomic mass is 9.33. The zero-order chi connectivity index (χ0) is 23.2. The van der Waals surface area contributed by atoms with Crippen molar-refractivity contribution < 1.29 is 79.0 Å². The highest BCUT2D eigenvalue weighted by Crippen LogP contribution is 2.90. The van der Waals surface area contributed by atoms with E-state index in [0.29, 0.717) is 0 Å². The van der Waals surface area contributed by atoms with Crippen LogP contribution in [-0.4, -0.2) is 37.1 Å². The van der Waals surface area contributed by atoms with E-state index in [0.717, 1.165) is 0 Å². The van der Waals surface area contributed by atoms with E-state index in [4.69, 9.17) is 0 Å². The summed E-state index contributed by atoms with van der Waals surface area (Å²) in [5.74, 6) is 0. The Morgan fingerprint density at radius 2 is 0.500 bits per heavy atom. The van der Waals surface area contributed by atoms with E-state index in [2.05, 4.69) is 0 Å². The van der Waals surface area contributed by atoms with Crippen LogP contribution in [0.2, 0.25) is 0 Å². The van der Waals surface area contributed by atoms with Crippen LogP contribution in [0.15, 0.2) is 0 Å². The highest BCUT2D eigenvalue weighted by molar-refractivity contribution is 5.33. The topological polar surface area (TPSA) is 0 Å². The summed E-state index contributed by atoms with van der Waals surface area (Å²) < 4.78 is 233. The molecule has 1 fully saturated rings. The lowest BCUT2D eigenvalue weighted by Crippen LogP contribution is -2.90. The molecule has 1 aliphatic carbocycles. The average Bonchev–Trinajstić information content (AvgIpc) is 2.13. The third-order valence-corrected chi connectivity index (χ3v) is 4.60. The Balaban J connectivity index is 4.44. The van der Waals surface area contributed by atoms with Crippen LogP contribution < -0.4 is 0 Å². The average molecular weight is 464 g/mol. The molecule has 0 saturated heterocycles. The zero-order valence-electron chi connectivity index (χ0n) is 12.0. The van der Waals surface area contributed by atoms with Crippen molar-refractivity contribution in [2.75, 3.05) is 0 Å². The van der Waals surface area contributed by atoms with Crippen LogP contribution in [0.5, 0.6) is 0 Å². The Kier molecular flexibility index (Phi) is 4.83. The summed E-state index contributed by atoms with van der Waals surface area (Å²) in [6, 6.07) is 0. The fourth-order valence-corrected chi connectivity index (χ4v) is 3.62. The third-order valence-electron chi connectivity index (χ3n) is 4.60. The van der Waals surface area contributed by atoms with E-state index >= 15 is 0 Å². The lowest BCUT2D eigenvalue weighted by Gasteiger charge is -2.69. The minimum atomic E-state index is -8.34. The minimum Gasteiger partial charge on any atom is -0.170 e. The van der Waals surface area contributed by atoms with Gasteiger partial charge in [-0.2, -0.15) is 79.0 Å². The fraction of sp³-hybridized carbons (Fsp3) is 1.00. The molecule has 0 amide bonds. The first-order valence-electron chi connectivity index (χ1n) is 6.11. The van der Waals surface area contributed by atoms with Gasteiger partial charge in [-0.25, -0.2) is 0 Å².